The summed E-state index contributed by atoms with van der Waals surface area (Å²) in [6, 6.07) is 2.99. The molecule has 0 aliphatic rings. The number of aromatic nitrogens is 3. The first-order valence-electron chi connectivity index (χ1n) is 5.31. The monoisotopic (exact) mass is 232 g/mol. The average molecular weight is 232 g/mol. The van der Waals surface area contributed by atoms with E-state index in [9.17, 15) is 4.39 Å². The number of nitrogen functional groups attached to an aromatic ring is 1. The van der Waals surface area contributed by atoms with Crippen molar-refractivity contribution in [2.24, 2.45) is 0 Å². The molecule has 17 heavy (non-hydrogen) atoms. The smallest absolute Gasteiger partial charge is 0.142 e. The summed E-state index contributed by atoms with van der Waals surface area (Å²) in [6.45, 7) is 3.95. The van der Waals surface area contributed by atoms with Crippen LogP contribution in [0.15, 0.2) is 24.5 Å². The van der Waals surface area contributed by atoms with Crippen LogP contribution in [0.1, 0.15) is 25.6 Å². The third kappa shape index (κ3) is 2.55. The van der Waals surface area contributed by atoms with E-state index in [1.807, 2.05) is 13.8 Å². The van der Waals surface area contributed by atoms with E-state index in [1.54, 1.807) is 12.3 Å². The third-order valence-electron chi connectivity index (χ3n) is 2.28. The zero-order valence-electron chi connectivity index (χ0n) is 9.68. The molecule has 0 bridgehead atoms. The number of hydrogen-bond donors (Lipinski definition) is 1. The van der Waals surface area contributed by atoms with E-state index in [1.165, 1.54) is 6.07 Å². The number of nitrogens with zero attached hydrogens (tertiary/aromatic N) is 3. The molecule has 0 unspecified atom stereocenters. The topological polar surface area (TPSA) is 64.7 Å². The molecule has 2 N–H and O–H groups in total. The average Bonchev–Trinajstić information content (AvgIpc) is 2.28. The number of rotatable bonds is 2. The van der Waals surface area contributed by atoms with Gasteiger partial charge in [0.15, 0.2) is 0 Å². The molecular formula is C12H13FN4. The Morgan fingerprint density at radius 1 is 1.18 bits per heavy atom. The van der Waals surface area contributed by atoms with Crippen molar-refractivity contribution < 1.29 is 4.39 Å². The first kappa shape index (κ1) is 11.4. The van der Waals surface area contributed by atoms with E-state index in [0.29, 0.717) is 22.9 Å². The lowest BCUT2D eigenvalue weighted by Gasteiger charge is -2.07. The van der Waals surface area contributed by atoms with Gasteiger partial charge in [-0.05, 0) is 6.07 Å². The van der Waals surface area contributed by atoms with Gasteiger partial charge in [-0.2, -0.15) is 0 Å². The number of halogens is 1. The Kier molecular flexibility index (Phi) is 2.99. The minimum Gasteiger partial charge on any atom is -0.384 e. The molecule has 5 heteroatoms. The van der Waals surface area contributed by atoms with E-state index in [-0.39, 0.29) is 5.92 Å². The van der Waals surface area contributed by atoms with Gasteiger partial charge in [0.25, 0.3) is 0 Å². The highest BCUT2D eigenvalue weighted by Gasteiger charge is 2.08. The Bertz CT molecular complexity index is 540. The summed E-state index contributed by atoms with van der Waals surface area (Å²) in [7, 11) is 0. The summed E-state index contributed by atoms with van der Waals surface area (Å²) in [5.74, 6) is 0.789. The van der Waals surface area contributed by atoms with Gasteiger partial charge in [0, 0.05) is 23.7 Å². The maximum atomic E-state index is 13.1. The van der Waals surface area contributed by atoms with Gasteiger partial charge in [-0.15, -0.1) is 0 Å². The van der Waals surface area contributed by atoms with Crippen LogP contribution in [0.5, 0.6) is 0 Å². The van der Waals surface area contributed by atoms with Gasteiger partial charge < -0.3 is 5.73 Å². The van der Waals surface area contributed by atoms with Crippen molar-refractivity contribution in [1.29, 1.82) is 0 Å². The molecule has 0 fully saturated rings. The number of hydrogen-bond acceptors (Lipinski definition) is 4. The molecule has 4 nitrogen and oxygen atoms in total. The third-order valence-corrected chi connectivity index (χ3v) is 2.28. The molecule has 0 atom stereocenters. The SMILES string of the molecule is CC(C)c1nc(N)cc(-c2cncc(F)c2)n1. The van der Waals surface area contributed by atoms with E-state index < -0.39 is 5.82 Å². The van der Waals surface area contributed by atoms with E-state index >= 15 is 0 Å². The maximum absolute atomic E-state index is 13.1. The van der Waals surface area contributed by atoms with Crippen molar-refractivity contribution >= 4 is 5.82 Å². The largest absolute Gasteiger partial charge is 0.384 e. The molecule has 0 amide bonds. The molecule has 0 spiro atoms. The predicted molar refractivity (Wildman–Crippen MR) is 63.7 cm³/mol. The Labute approximate surface area is 98.7 Å². The van der Waals surface area contributed by atoms with Gasteiger partial charge in [-0.25, -0.2) is 14.4 Å². The summed E-state index contributed by atoms with van der Waals surface area (Å²) in [6.07, 6.45) is 2.70. The molecule has 0 aromatic carbocycles. The van der Waals surface area contributed by atoms with E-state index in [2.05, 4.69) is 15.0 Å². The van der Waals surface area contributed by atoms with Crippen molar-refractivity contribution in [3.8, 4) is 11.3 Å². The van der Waals surface area contributed by atoms with Gasteiger partial charge in [-0.1, -0.05) is 13.8 Å². The first-order valence-corrected chi connectivity index (χ1v) is 5.31. The standard InChI is InChI=1S/C12H13FN4/c1-7(2)12-16-10(4-11(14)17-12)8-3-9(13)6-15-5-8/h3-7H,1-2H3,(H2,14,16,17). The highest BCUT2D eigenvalue weighted by Crippen LogP contribution is 2.21. The summed E-state index contributed by atoms with van der Waals surface area (Å²) in [5, 5.41) is 0. The molecule has 0 aliphatic heterocycles. The predicted octanol–water partition coefficient (Wildman–Crippen LogP) is 2.38. The molecule has 2 heterocycles. The molecule has 2 aromatic heterocycles. The molecule has 0 aliphatic carbocycles. The van der Waals surface area contributed by atoms with Crippen LogP contribution in [-0.4, -0.2) is 15.0 Å². The minimum absolute atomic E-state index is 0.166. The molecule has 2 aromatic rings. The molecule has 88 valence electrons. The molecule has 0 saturated heterocycles. The van der Waals surface area contributed by atoms with Crippen LogP contribution in [0.25, 0.3) is 11.3 Å². The zero-order valence-corrected chi connectivity index (χ0v) is 9.68. The van der Waals surface area contributed by atoms with Gasteiger partial charge in [0.1, 0.15) is 17.5 Å². The quantitative estimate of drug-likeness (QED) is 0.863. The van der Waals surface area contributed by atoms with Crippen molar-refractivity contribution in [2.45, 2.75) is 19.8 Å². The van der Waals surface area contributed by atoms with Crippen LogP contribution in [0, 0.1) is 5.82 Å². The fourth-order valence-corrected chi connectivity index (χ4v) is 1.44. The van der Waals surface area contributed by atoms with Crippen LogP contribution in [0.3, 0.4) is 0 Å². The lowest BCUT2D eigenvalue weighted by atomic mass is 10.1. The Morgan fingerprint density at radius 3 is 2.59 bits per heavy atom. The van der Waals surface area contributed by atoms with Crippen molar-refractivity contribution in [2.75, 3.05) is 5.73 Å². The lowest BCUT2D eigenvalue weighted by molar-refractivity contribution is 0.622. The van der Waals surface area contributed by atoms with E-state index in [4.69, 9.17) is 5.73 Å². The number of pyridine rings is 1. The Morgan fingerprint density at radius 2 is 1.94 bits per heavy atom. The second-order valence-electron chi connectivity index (χ2n) is 4.08. The molecule has 2 rings (SSSR count). The van der Waals surface area contributed by atoms with Gasteiger partial charge >= 0.3 is 0 Å². The summed E-state index contributed by atoms with van der Waals surface area (Å²) in [4.78, 5) is 12.3. The fourth-order valence-electron chi connectivity index (χ4n) is 1.44. The maximum Gasteiger partial charge on any atom is 0.142 e. The Balaban J connectivity index is 2.52. The molecular weight excluding hydrogens is 219 g/mol. The van der Waals surface area contributed by atoms with E-state index in [0.717, 1.165) is 6.20 Å². The first-order chi connectivity index (χ1) is 8.06. The van der Waals surface area contributed by atoms with Crippen LogP contribution >= 0.6 is 0 Å². The highest BCUT2D eigenvalue weighted by molar-refractivity contribution is 5.60. The summed E-state index contributed by atoms with van der Waals surface area (Å²) in [5.41, 5.74) is 6.90. The molecule has 0 radical (unpaired) electrons. The van der Waals surface area contributed by atoms with Gasteiger partial charge in [0.05, 0.1) is 11.9 Å². The van der Waals surface area contributed by atoms with Crippen molar-refractivity contribution in [3.63, 3.8) is 0 Å². The normalized spacial score (nSPS) is 10.8. The van der Waals surface area contributed by atoms with Crippen LogP contribution in [-0.2, 0) is 0 Å². The van der Waals surface area contributed by atoms with Crippen molar-refractivity contribution in [1.82, 2.24) is 15.0 Å². The van der Waals surface area contributed by atoms with Crippen LogP contribution in [0.2, 0.25) is 0 Å². The second kappa shape index (κ2) is 4.45. The number of anilines is 1. The van der Waals surface area contributed by atoms with Crippen LogP contribution < -0.4 is 5.73 Å². The van der Waals surface area contributed by atoms with Gasteiger partial charge in [-0.3, -0.25) is 4.98 Å². The number of nitrogens with two attached hydrogens (primary N) is 1. The zero-order chi connectivity index (χ0) is 12.4. The van der Waals surface area contributed by atoms with Crippen LogP contribution in [0.4, 0.5) is 10.2 Å². The van der Waals surface area contributed by atoms with Crippen molar-refractivity contribution in [3.05, 3.63) is 36.2 Å². The second-order valence-corrected chi connectivity index (χ2v) is 4.08. The summed E-state index contributed by atoms with van der Waals surface area (Å²) < 4.78 is 13.1. The lowest BCUT2D eigenvalue weighted by Crippen LogP contribution is -2.03. The molecule has 0 saturated carbocycles. The minimum atomic E-state index is -0.397. The highest BCUT2D eigenvalue weighted by atomic mass is 19.1. The Hall–Kier alpha value is -2.04. The summed E-state index contributed by atoms with van der Waals surface area (Å²) >= 11 is 0. The van der Waals surface area contributed by atoms with Gasteiger partial charge in [0.2, 0.25) is 0 Å². The fraction of sp³-hybridized carbons (Fsp3) is 0.250.